The molecular weight excluding hydrogens is 368 g/mol. The van der Waals surface area contributed by atoms with Crippen LogP contribution in [0, 0.1) is 0 Å². The predicted molar refractivity (Wildman–Crippen MR) is 114 cm³/mol. The lowest BCUT2D eigenvalue weighted by Gasteiger charge is -2.24. The van der Waals surface area contributed by atoms with E-state index in [1.807, 2.05) is 37.3 Å². The fourth-order valence-corrected chi connectivity index (χ4v) is 4.00. The number of carbonyl (C=O) groups excluding carboxylic acids is 1. The van der Waals surface area contributed by atoms with E-state index >= 15 is 0 Å². The van der Waals surface area contributed by atoms with E-state index in [1.165, 1.54) is 19.3 Å². The van der Waals surface area contributed by atoms with Gasteiger partial charge in [-0.2, -0.15) is 0 Å². The standard InChI is InChI=1S/C24H30O5/c1-16(15-25)19-12-13-21(26-2)24(28-4)23(19)20-11-10-18(14-22(20)27-3)29-17-8-6-5-7-9-17/h10-17H,5-9H2,1-4H3. The van der Waals surface area contributed by atoms with Crippen molar-refractivity contribution in [2.24, 2.45) is 0 Å². The molecule has 2 aromatic rings. The first-order valence-corrected chi connectivity index (χ1v) is 10.2. The maximum Gasteiger partial charge on any atom is 0.168 e. The van der Waals surface area contributed by atoms with Gasteiger partial charge in [-0.05, 0) is 49.4 Å². The lowest BCUT2D eigenvalue weighted by molar-refractivity contribution is -0.108. The van der Waals surface area contributed by atoms with E-state index in [0.29, 0.717) is 17.2 Å². The first kappa shape index (κ1) is 21.0. The lowest BCUT2D eigenvalue weighted by Crippen LogP contribution is -2.19. The second-order valence-electron chi connectivity index (χ2n) is 7.43. The first-order chi connectivity index (χ1) is 14.1. The van der Waals surface area contributed by atoms with Crippen molar-refractivity contribution >= 4 is 6.29 Å². The molecule has 0 spiro atoms. The van der Waals surface area contributed by atoms with Gasteiger partial charge in [0.25, 0.3) is 0 Å². The van der Waals surface area contributed by atoms with Crippen molar-refractivity contribution in [2.75, 3.05) is 21.3 Å². The third-order valence-corrected chi connectivity index (χ3v) is 5.57. The second kappa shape index (κ2) is 9.68. The van der Waals surface area contributed by atoms with Gasteiger partial charge in [-0.3, -0.25) is 0 Å². The molecule has 29 heavy (non-hydrogen) atoms. The molecule has 0 bridgehead atoms. The average molecular weight is 398 g/mol. The van der Waals surface area contributed by atoms with E-state index in [9.17, 15) is 4.79 Å². The van der Waals surface area contributed by atoms with E-state index in [0.717, 1.165) is 41.6 Å². The Kier molecular flexibility index (Phi) is 7.02. The molecule has 0 aromatic heterocycles. The molecule has 0 saturated heterocycles. The fraction of sp³-hybridized carbons (Fsp3) is 0.458. The highest BCUT2D eigenvalue weighted by molar-refractivity contribution is 5.84. The molecule has 1 fully saturated rings. The van der Waals surface area contributed by atoms with Gasteiger partial charge in [-0.25, -0.2) is 0 Å². The van der Waals surface area contributed by atoms with E-state index < -0.39 is 0 Å². The zero-order valence-electron chi connectivity index (χ0n) is 17.7. The molecule has 1 saturated carbocycles. The minimum Gasteiger partial charge on any atom is -0.496 e. The Bertz CT molecular complexity index is 839. The summed E-state index contributed by atoms with van der Waals surface area (Å²) in [6.07, 6.45) is 7.09. The number of carbonyl (C=O) groups is 1. The molecule has 0 N–H and O–H groups in total. The number of rotatable bonds is 8. The van der Waals surface area contributed by atoms with Gasteiger partial charge in [0.05, 0.1) is 27.4 Å². The summed E-state index contributed by atoms with van der Waals surface area (Å²) < 4.78 is 23.1. The largest absolute Gasteiger partial charge is 0.496 e. The normalized spacial score (nSPS) is 15.4. The van der Waals surface area contributed by atoms with Crippen LogP contribution in [0.3, 0.4) is 0 Å². The molecule has 2 aromatic carbocycles. The van der Waals surface area contributed by atoms with Crippen LogP contribution in [-0.4, -0.2) is 33.7 Å². The third-order valence-electron chi connectivity index (χ3n) is 5.57. The van der Waals surface area contributed by atoms with Gasteiger partial charge < -0.3 is 23.7 Å². The number of methoxy groups -OCH3 is 3. The fourth-order valence-electron chi connectivity index (χ4n) is 4.00. The summed E-state index contributed by atoms with van der Waals surface area (Å²) in [6.45, 7) is 1.87. The highest BCUT2D eigenvalue weighted by Crippen LogP contribution is 2.46. The summed E-state index contributed by atoms with van der Waals surface area (Å²) in [4.78, 5) is 11.5. The van der Waals surface area contributed by atoms with E-state index in [1.54, 1.807) is 21.3 Å². The highest BCUT2D eigenvalue weighted by atomic mass is 16.5. The third kappa shape index (κ3) is 4.50. The van der Waals surface area contributed by atoms with Crippen LogP contribution in [0.4, 0.5) is 0 Å². The Morgan fingerprint density at radius 1 is 0.931 bits per heavy atom. The van der Waals surface area contributed by atoms with Gasteiger partial charge in [0, 0.05) is 23.1 Å². The Labute approximate surface area is 172 Å². The van der Waals surface area contributed by atoms with Crippen LogP contribution in [0.25, 0.3) is 11.1 Å². The van der Waals surface area contributed by atoms with Crippen LogP contribution in [0.2, 0.25) is 0 Å². The monoisotopic (exact) mass is 398 g/mol. The van der Waals surface area contributed by atoms with E-state index in [2.05, 4.69) is 0 Å². The van der Waals surface area contributed by atoms with Crippen LogP contribution in [0.1, 0.15) is 50.5 Å². The van der Waals surface area contributed by atoms with Gasteiger partial charge in [0.15, 0.2) is 11.5 Å². The van der Waals surface area contributed by atoms with Crippen molar-refractivity contribution in [3.8, 4) is 34.1 Å². The number of aldehydes is 1. The zero-order chi connectivity index (χ0) is 20.8. The Balaban J connectivity index is 2.07. The van der Waals surface area contributed by atoms with Crippen molar-refractivity contribution in [1.29, 1.82) is 0 Å². The SMILES string of the molecule is COc1cc(OC2CCCCC2)ccc1-c1c(C(C)C=O)ccc(OC)c1OC. The number of hydrogen-bond donors (Lipinski definition) is 0. The minimum atomic E-state index is -0.298. The maximum absolute atomic E-state index is 11.5. The van der Waals surface area contributed by atoms with E-state index in [4.69, 9.17) is 18.9 Å². The molecule has 156 valence electrons. The molecule has 3 rings (SSSR count). The molecule has 1 aliphatic carbocycles. The average Bonchev–Trinajstić information content (AvgIpc) is 2.78. The Morgan fingerprint density at radius 2 is 1.66 bits per heavy atom. The van der Waals surface area contributed by atoms with Crippen LogP contribution in [0.5, 0.6) is 23.0 Å². The number of hydrogen-bond acceptors (Lipinski definition) is 5. The first-order valence-electron chi connectivity index (χ1n) is 10.2. The molecule has 0 aliphatic heterocycles. The molecule has 0 heterocycles. The molecule has 0 radical (unpaired) electrons. The molecule has 0 amide bonds. The lowest BCUT2D eigenvalue weighted by atomic mass is 9.90. The summed E-state index contributed by atoms with van der Waals surface area (Å²) in [5, 5.41) is 0. The van der Waals surface area contributed by atoms with Gasteiger partial charge in [-0.15, -0.1) is 0 Å². The van der Waals surface area contributed by atoms with Crippen LogP contribution >= 0.6 is 0 Å². The maximum atomic E-state index is 11.5. The second-order valence-corrected chi connectivity index (χ2v) is 7.43. The topological polar surface area (TPSA) is 54.0 Å². The number of benzene rings is 2. The quantitative estimate of drug-likeness (QED) is 0.558. The predicted octanol–water partition coefficient (Wildman–Crippen LogP) is 5.39. The van der Waals surface area contributed by atoms with E-state index in [-0.39, 0.29) is 12.0 Å². The summed E-state index contributed by atoms with van der Waals surface area (Å²) in [5.74, 6) is 2.35. The molecule has 1 aliphatic rings. The zero-order valence-corrected chi connectivity index (χ0v) is 17.7. The van der Waals surface area contributed by atoms with Crippen LogP contribution in [0.15, 0.2) is 30.3 Å². The Morgan fingerprint density at radius 3 is 2.28 bits per heavy atom. The molecular formula is C24H30O5. The van der Waals surface area contributed by atoms with Crippen molar-refractivity contribution in [1.82, 2.24) is 0 Å². The van der Waals surface area contributed by atoms with Crippen LogP contribution in [-0.2, 0) is 4.79 Å². The molecule has 5 heteroatoms. The molecule has 1 unspecified atom stereocenters. The molecule has 5 nitrogen and oxygen atoms in total. The highest BCUT2D eigenvalue weighted by Gasteiger charge is 2.23. The van der Waals surface area contributed by atoms with Gasteiger partial charge in [0.2, 0.25) is 0 Å². The van der Waals surface area contributed by atoms with Gasteiger partial charge >= 0.3 is 0 Å². The smallest absolute Gasteiger partial charge is 0.168 e. The summed E-state index contributed by atoms with van der Waals surface area (Å²) >= 11 is 0. The Hall–Kier alpha value is -2.69. The van der Waals surface area contributed by atoms with Crippen molar-refractivity contribution < 1.29 is 23.7 Å². The summed E-state index contributed by atoms with van der Waals surface area (Å²) in [6, 6.07) is 9.57. The van der Waals surface area contributed by atoms with Gasteiger partial charge in [-0.1, -0.05) is 19.4 Å². The number of ether oxygens (including phenoxy) is 4. The minimum absolute atomic E-state index is 0.260. The van der Waals surface area contributed by atoms with Crippen LogP contribution < -0.4 is 18.9 Å². The van der Waals surface area contributed by atoms with Crippen molar-refractivity contribution in [3.05, 3.63) is 35.9 Å². The van der Waals surface area contributed by atoms with Crippen molar-refractivity contribution in [3.63, 3.8) is 0 Å². The van der Waals surface area contributed by atoms with Crippen molar-refractivity contribution in [2.45, 2.75) is 51.0 Å². The summed E-state index contributed by atoms with van der Waals surface area (Å²) in [7, 11) is 4.84. The summed E-state index contributed by atoms with van der Waals surface area (Å²) in [5.41, 5.74) is 2.49. The molecule has 1 atom stereocenters. The van der Waals surface area contributed by atoms with Gasteiger partial charge in [0.1, 0.15) is 17.8 Å².